The van der Waals surface area contributed by atoms with Gasteiger partial charge in [-0.2, -0.15) is 4.91 Å². The molecule has 0 N–H and O–H groups in total. The van der Waals surface area contributed by atoms with Crippen molar-refractivity contribution in [3.8, 4) is 0 Å². The molecule has 0 saturated carbocycles. The first kappa shape index (κ1) is 37.7. The first-order chi connectivity index (χ1) is 19.1. The van der Waals surface area contributed by atoms with Gasteiger partial charge in [-0.3, -0.25) is 4.99 Å². The molecular weight excluding hydrogens is 609 g/mol. The van der Waals surface area contributed by atoms with Gasteiger partial charge in [0.1, 0.15) is 0 Å². The molecule has 0 heterocycles. The maximum absolute atomic E-state index is 13.5. The summed E-state index contributed by atoms with van der Waals surface area (Å²) in [5.74, 6) is 1.06. The molecule has 0 atom stereocenters. The molecule has 227 valence electrons. The number of hydrogen-bond acceptors (Lipinski definition) is 4. The molecule has 0 unspecified atom stereocenters. The quantitative estimate of drug-likeness (QED) is 0.110. The topological polar surface area (TPSA) is 38.7 Å². The van der Waals surface area contributed by atoms with Crippen LogP contribution in [0, 0.1) is 0 Å². The Labute approximate surface area is 270 Å². The molecule has 0 fully saturated rings. The average molecular weight is 658 g/mol. The molecule has 0 aromatic heterocycles. The van der Waals surface area contributed by atoms with Crippen molar-refractivity contribution in [2.45, 2.75) is 113 Å². The third-order valence-electron chi connectivity index (χ3n) is 7.05. The molecule has 0 aliphatic heterocycles. The van der Waals surface area contributed by atoms with Crippen LogP contribution in [-0.4, -0.2) is 18.3 Å². The van der Waals surface area contributed by atoms with E-state index in [0.717, 1.165) is 22.4 Å². The summed E-state index contributed by atoms with van der Waals surface area (Å²) in [7, 11) is 9.65. The van der Waals surface area contributed by atoms with E-state index in [0.29, 0.717) is 33.9 Å². The van der Waals surface area contributed by atoms with Gasteiger partial charge >= 0.3 is 39.4 Å². The predicted octanol–water partition coefficient (Wildman–Crippen LogP) is 11.3. The minimum absolute atomic E-state index is 0.181. The Bertz CT molecular complexity index is 1180. The van der Waals surface area contributed by atoms with E-state index in [1.54, 1.807) is 0 Å². The average Bonchev–Trinajstić information content (AvgIpc) is 2.88. The summed E-state index contributed by atoms with van der Waals surface area (Å²) in [6.45, 7) is 25.9. The molecule has 3 nitrogen and oxygen atoms in total. The number of carbonyl (C=O) groups excluding carboxylic acids is 1. The van der Waals surface area contributed by atoms with Gasteiger partial charge in [0.05, 0.1) is 23.6 Å². The van der Waals surface area contributed by atoms with Gasteiger partial charge in [-0.15, -0.1) is 0 Å². The third-order valence-corrected chi connectivity index (χ3v) is 7.46. The number of halogens is 2. The van der Waals surface area contributed by atoms with E-state index in [-0.39, 0.29) is 31.8 Å². The van der Waals surface area contributed by atoms with E-state index in [9.17, 15) is 4.79 Å². The van der Waals surface area contributed by atoms with Crippen LogP contribution in [0.5, 0.6) is 0 Å². The number of para-hydroxylation sites is 1. The van der Waals surface area contributed by atoms with Gasteiger partial charge < -0.3 is 17.4 Å². The second kappa shape index (κ2) is 17.7. The molecule has 0 aliphatic rings. The zero-order valence-electron chi connectivity index (χ0n) is 26.8. The SMILES string of the molecule is CCOC(=O)/C(C(C)=Nc1c(C(C)C)cccc1C(C)C)=C(/[S-])c1c(C(C)C)cc(C(C)C)cc1C(C)C.[Cl][Cr+][Cl]. The summed E-state index contributed by atoms with van der Waals surface area (Å²) >= 11 is 6.02. The predicted molar refractivity (Wildman–Crippen MR) is 179 cm³/mol. The summed E-state index contributed by atoms with van der Waals surface area (Å²) in [6, 6.07) is 10.9. The van der Waals surface area contributed by atoms with Crippen LogP contribution >= 0.6 is 20.1 Å². The van der Waals surface area contributed by atoms with Crippen LogP contribution in [0.3, 0.4) is 0 Å². The maximum atomic E-state index is 13.5. The molecule has 7 heteroatoms. The fourth-order valence-electron chi connectivity index (χ4n) is 4.82. The van der Waals surface area contributed by atoms with Gasteiger partial charge in [0.25, 0.3) is 0 Å². The number of esters is 1. The van der Waals surface area contributed by atoms with Crippen molar-refractivity contribution in [1.29, 1.82) is 0 Å². The van der Waals surface area contributed by atoms with Crippen LogP contribution in [0.4, 0.5) is 5.69 Å². The first-order valence-corrected chi connectivity index (χ1v) is 18.4. The van der Waals surface area contributed by atoms with E-state index in [1.165, 1.54) is 16.7 Å². The molecule has 0 amide bonds. The van der Waals surface area contributed by atoms with Crippen LogP contribution in [0.1, 0.15) is 146 Å². The van der Waals surface area contributed by atoms with Crippen molar-refractivity contribution < 1.29 is 22.9 Å². The fraction of sp³-hybridized carbons (Fsp3) is 0.529. The summed E-state index contributed by atoms with van der Waals surface area (Å²) < 4.78 is 5.58. The molecule has 0 radical (unpaired) electrons. The van der Waals surface area contributed by atoms with Gasteiger partial charge in [0, 0.05) is 0 Å². The van der Waals surface area contributed by atoms with Crippen LogP contribution in [0.25, 0.3) is 4.91 Å². The molecule has 0 spiro atoms. The molecule has 0 bridgehead atoms. The first-order valence-electron chi connectivity index (χ1n) is 14.5. The molecule has 2 aromatic carbocycles. The molecule has 0 saturated heterocycles. The summed E-state index contributed by atoms with van der Waals surface area (Å²) in [5, 5.41) is 0. The summed E-state index contributed by atoms with van der Waals surface area (Å²) in [5.41, 5.74) is 8.86. The van der Waals surface area contributed by atoms with Crippen molar-refractivity contribution in [3.05, 3.63) is 69.3 Å². The Morgan fingerprint density at radius 2 is 1.24 bits per heavy atom. The van der Waals surface area contributed by atoms with Crippen LogP contribution in [0.15, 0.2) is 40.9 Å². The van der Waals surface area contributed by atoms with Crippen LogP contribution < -0.4 is 0 Å². The number of rotatable bonds is 10. The van der Waals surface area contributed by atoms with Gasteiger partial charge in [0.15, 0.2) is 0 Å². The molecule has 41 heavy (non-hydrogen) atoms. The normalized spacial score (nSPS) is 12.6. The number of benzene rings is 2. The van der Waals surface area contributed by atoms with Gasteiger partial charge in [-0.25, -0.2) is 4.79 Å². The Hall–Kier alpha value is -1.35. The second-order valence-corrected chi connectivity index (χ2v) is 14.3. The van der Waals surface area contributed by atoms with Gasteiger partial charge in [-0.05, 0) is 76.8 Å². The van der Waals surface area contributed by atoms with E-state index in [4.69, 9.17) is 42.5 Å². The van der Waals surface area contributed by atoms with E-state index in [2.05, 4.69) is 99.6 Å². The molecule has 2 aromatic rings. The van der Waals surface area contributed by atoms with E-state index in [1.807, 2.05) is 13.8 Å². The summed E-state index contributed by atoms with van der Waals surface area (Å²) in [4.78, 5) is 19.2. The third kappa shape index (κ3) is 10.1. The number of hydrogen-bond donors (Lipinski definition) is 0. The van der Waals surface area contributed by atoms with Crippen molar-refractivity contribution in [1.82, 2.24) is 0 Å². The van der Waals surface area contributed by atoms with Crippen molar-refractivity contribution in [2.75, 3.05) is 6.61 Å². The monoisotopic (exact) mass is 656 g/mol. The van der Waals surface area contributed by atoms with Crippen molar-refractivity contribution >= 4 is 55.0 Å². The Balaban J connectivity index is 0.00000268. The zero-order chi connectivity index (χ0) is 31.6. The fourth-order valence-corrected chi connectivity index (χ4v) is 5.28. The standard InChI is InChI=1S/C34H49NO2S.2ClH.Cr/c1-13-37-34(36)30(24(12)35-32-26(20(4)5)15-14-16-27(32)21(6)7)33(38)31-28(22(8)9)17-25(19(2)3)18-29(31)23(10)11;;;/h14-23,38H,13H2,1-12H3;2*1H;/q;;;+3/p-3/b33-30+,35-24?;;;. The number of aliphatic imine (C=N–C) groups is 1. The number of nitrogens with zero attached hydrogens (tertiary/aromatic N) is 1. The molecule has 0 aliphatic carbocycles. The Morgan fingerprint density at radius 3 is 1.59 bits per heavy atom. The Morgan fingerprint density at radius 1 is 0.829 bits per heavy atom. The van der Waals surface area contributed by atoms with Gasteiger partial charge in [0.2, 0.25) is 0 Å². The number of ether oxygens (including phenoxy) is 1. The zero-order valence-corrected chi connectivity index (χ0v) is 30.4. The van der Waals surface area contributed by atoms with Gasteiger partial charge in [-0.1, -0.05) is 99.6 Å². The molecular formula is C34H48Cl2CrNO2S. The van der Waals surface area contributed by atoms with Crippen molar-refractivity contribution in [2.24, 2.45) is 4.99 Å². The van der Waals surface area contributed by atoms with E-state index >= 15 is 0 Å². The minimum atomic E-state index is -0.413. The van der Waals surface area contributed by atoms with Crippen LogP contribution in [0.2, 0.25) is 0 Å². The molecule has 2 rings (SSSR count). The second-order valence-electron chi connectivity index (χ2n) is 11.8. The summed E-state index contributed by atoms with van der Waals surface area (Å²) in [6.07, 6.45) is 0. The Kier molecular flexibility index (Phi) is 16.3. The van der Waals surface area contributed by atoms with Crippen LogP contribution in [-0.2, 0) is 35.5 Å². The number of carbonyl (C=O) groups is 1. The van der Waals surface area contributed by atoms with Crippen molar-refractivity contribution in [3.63, 3.8) is 0 Å². The van der Waals surface area contributed by atoms with E-state index < -0.39 is 5.97 Å².